The average Bonchev–Trinajstić information content (AvgIpc) is 3.54. The summed E-state index contributed by atoms with van der Waals surface area (Å²) in [5, 5.41) is 10.5. The van der Waals surface area contributed by atoms with Gasteiger partial charge in [-0.15, -0.1) is 6.58 Å². The van der Waals surface area contributed by atoms with Crippen LogP contribution in [0.25, 0.3) is 0 Å². The normalized spacial score (nSPS) is 29.6. The molecule has 3 heterocycles. The molecule has 2 bridgehead atoms. The van der Waals surface area contributed by atoms with E-state index in [1.807, 2.05) is 37.3 Å². The first-order valence-electron chi connectivity index (χ1n) is 13.6. The van der Waals surface area contributed by atoms with Crippen LogP contribution in [-0.4, -0.2) is 82.3 Å². The highest BCUT2D eigenvalue weighted by molar-refractivity contribution is 5.98. The molecule has 1 aromatic carbocycles. The molecule has 2 amide bonds. The van der Waals surface area contributed by atoms with Crippen molar-refractivity contribution >= 4 is 17.8 Å². The van der Waals surface area contributed by atoms with Crippen LogP contribution in [0.15, 0.2) is 43.0 Å². The maximum absolute atomic E-state index is 14.4. The number of hydrogen-bond donors (Lipinski definition) is 1. The summed E-state index contributed by atoms with van der Waals surface area (Å²) in [6.45, 7) is 9.90. The summed E-state index contributed by atoms with van der Waals surface area (Å²) < 4.78 is 11.8. The van der Waals surface area contributed by atoms with Crippen LogP contribution in [0.3, 0.4) is 0 Å². The predicted octanol–water partition coefficient (Wildman–Crippen LogP) is 2.73. The number of carbonyl (C=O) groups excluding carboxylic acids is 3. The second-order valence-corrected chi connectivity index (χ2v) is 10.5. The van der Waals surface area contributed by atoms with E-state index in [0.717, 1.165) is 18.4 Å². The number of carbonyl (C=O) groups is 3. The molecule has 1 N–H and O–H groups in total. The van der Waals surface area contributed by atoms with Gasteiger partial charge >= 0.3 is 5.97 Å². The number of esters is 1. The van der Waals surface area contributed by atoms with Gasteiger partial charge in [0.1, 0.15) is 11.6 Å². The first kappa shape index (κ1) is 27.3. The molecule has 8 nitrogen and oxygen atoms in total. The zero-order valence-corrected chi connectivity index (χ0v) is 22.2. The van der Waals surface area contributed by atoms with Crippen molar-refractivity contribution in [3.8, 4) is 0 Å². The lowest BCUT2D eigenvalue weighted by Gasteiger charge is -2.41. The number of ether oxygens (including phenoxy) is 2. The number of amides is 2. The third kappa shape index (κ3) is 4.70. The fourth-order valence-electron chi connectivity index (χ4n) is 6.76. The molecule has 0 aliphatic carbocycles. The number of benzene rings is 1. The number of fused-ring (bicyclic) bond motifs is 1. The van der Waals surface area contributed by atoms with Gasteiger partial charge in [-0.2, -0.15) is 0 Å². The van der Waals surface area contributed by atoms with E-state index >= 15 is 0 Å². The van der Waals surface area contributed by atoms with E-state index in [9.17, 15) is 19.5 Å². The summed E-state index contributed by atoms with van der Waals surface area (Å²) in [6.07, 6.45) is 4.42. The van der Waals surface area contributed by atoms with Gasteiger partial charge in [0.2, 0.25) is 11.8 Å². The van der Waals surface area contributed by atoms with E-state index in [-0.39, 0.29) is 31.1 Å². The number of aliphatic hydroxyl groups excluding tert-OH is 1. The largest absolute Gasteiger partial charge is 0.466 e. The van der Waals surface area contributed by atoms with Crippen LogP contribution in [0.5, 0.6) is 0 Å². The predicted molar refractivity (Wildman–Crippen MR) is 138 cm³/mol. The van der Waals surface area contributed by atoms with E-state index in [1.54, 1.807) is 22.8 Å². The second-order valence-electron chi connectivity index (χ2n) is 10.5. The summed E-state index contributed by atoms with van der Waals surface area (Å²) in [5.41, 5.74) is -0.171. The molecule has 0 aromatic heterocycles. The van der Waals surface area contributed by atoms with Crippen molar-refractivity contribution in [1.29, 1.82) is 0 Å². The molecule has 3 saturated heterocycles. The topological polar surface area (TPSA) is 96.4 Å². The van der Waals surface area contributed by atoms with Gasteiger partial charge in [-0.05, 0) is 45.1 Å². The summed E-state index contributed by atoms with van der Waals surface area (Å²) >= 11 is 0. The number of rotatable bonds is 12. The second kappa shape index (κ2) is 11.4. The van der Waals surface area contributed by atoms with E-state index in [4.69, 9.17) is 9.47 Å². The van der Waals surface area contributed by atoms with Crippen molar-refractivity contribution in [2.75, 3.05) is 19.8 Å². The molecule has 3 aliphatic heterocycles. The van der Waals surface area contributed by atoms with Crippen LogP contribution in [-0.2, 0) is 30.3 Å². The van der Waals surface area contributed by atoms with Crippen LogP contribution < -0.4 is 0 Å². The number of nitrogens with zero attached hydrogens (tertiary/aromatic N) is 2. The third-order valence-electron chi connectivity index (χ3n) is 8.30. The Bertz CT molecular complexity index is 999. The third-order valence-corrected chi connectivity index (χ3v) is 8.30. The summed E-state index contributed by atoms with van der Waals surface area (Å²) in [7, 11) is 0. The van der Waals surface area contributed by atoms with Gasteiger partial charge in [0.05, 0.1) is 37.2 Å². The van der Waals surface area contributed by atoms with Crippen LogP contribution in [0.1, 0.15) is 52.0 Å². The van der Waals surface area contributed by atoms with Crippen molar-refractivity contribution in [3.63, 3.8) is 0 Å². The summed E-state index contributed by atoms with van der Waals surface area (Å²) in [4.78, 5) is 45.0. The van der Waals surface area contributed by atoms with Gasteiger partial charge in [0.15, 0.2) is 0 Å². The lowest BCUT2D eigenvalue weighted by atomic mass is 9.70. The molecule has 7 atom stereocenters. The Morgan fingerprint density at radius 1 is 1.32 bits per heavy atom. The fraction of sp³-hybridized carbons (Fsp3) is 0.621. The minimum atomic E-state index is -1.12. The number of likely N-dealkylation sites (tertiary alicyclic amines) is 1. The minimum absolute atomic E-state index is 0.0657. The number of aliphatic hydroxyl groups is 1. The van der Waals surface area contributed by atoms with Gasteiger partial charge in [-0.3, -0.25) is 14.4 Å². The van der Waals surface area contributed by atoms with Gasteiger partial charge < -0.3 is 24.4 Å². The summed E-state index contributed by atoms with van der Waals surface area (Å²) in [6, 6.07) is 7.97. The Morgan fingerprint density at radius 2 is 2.05 bits per heavy atom. The average molecular weight is 513 g/mol. The van der Waals surface area contributed by atoms with Crippen LogP contribution in [0, 0.1) is 11.8 Å². The quantitative estimate of drug-likeness (QED) is 0.342. The lowest BCUT2D eigenvalue weighted by Crippen LogP contribution is -2.60. The Labute approximate surface area is 219 Å². The molecule has 1 spiro atoms. The van der Waals surface area contributed by atoms with Gasteiger partial charge in [-0.25, -0.2) is 0 Å². The highest BCUT2D eigenvalue weighted by atomic mass is 16.6. The minimum Gasteiger partial charge on any atom is -0.466 e. The monoisotopic (exact) mass is 512 g/mol. The lowest BCUT2D eigenvalue weighted by molar-refractivity contribution is -0.156. The van der Waals surface area contributed by atoms with Crippen molar-refractivity contribution in [2.24, 2.45) is 11.8 Å². The Balaban J connectivity index is 1.78. The van der Waals surface area contributed by atoms with Gasteiger partial charge in [-0.1, -0.05) is 49.8 Å². The van der Waals surface area contributed by atoms with Gasteiger partial charge in [0, 0.05) is 12.6 Å². The van der Waals surface area contributed by atoms with E-state index in [0.29, 0.717) is 25.8 Å². The highest BCUT2D eigenvalue weighted by Gasteiger charge is 2.75. The molecule has 8 heteroatoms. The first-order chi connectivity index (χ1) is 17.8. The number of hydrogen-bond acceptors (Lipinski definition) is 6. The van der Waals surface area contributed by atoms with Crippen LogP contribution in [0.2, 0.25) is 0 Å². The zero-order valence-electron chi connectivity index (χ0n) is 22.2. The Morgan fingerprint density at radius 3 is 2.68 bits per heavy atom. The molecule has 1 aromatic rings. The zero-order chi connectivity index (χ0) is 26.7. The molecule has 202 valence electrons. The Hall–Kier alpha value is -2.71. The molecular formula is C29H40N2O6. The van der Waals surface area contributed by atoms with E-state index in [1.165, 1.54) is 0 Å². The summed E-state index contributed by atoms with van der Waals surface area (Å²) in [5.74, 6) is -2.54. The highest BCUT2D eigenvalue weighted by Crippen LogP contribution is 2.59. The van der Waals surface area contributed by atoms with Crippen molar-refractivity contribution in [2.45, 2.75) is 82.7 Å². The molecule has 4 rings (SSSR count). The molecular weight excluding hydrogens is 472 g/mol. The molecule has 1 unspecified atom stereocenters. The fourth-order valence-corrected chi connectivity index (χ4v) is 6.76. The van der Waals surface area contributed by atoms with Crippen molar-refractivity contribution < 1.29 is 29.0 Å². The molecule has 37 heavy (non-hydrogen) atoms. The van der Waals surface area contributed by atoms with Crippen LogP contribution >= 0.6 is 0 Å². The van der Waals surface area contributed by atoms with Crippen molar-refractivity contribution in [3.05, 3.63) is 48.6 Å². The maximum atomic E-state index is 14.4. The molecule has 3 aliphatic rings. The first-order valence-corrected chi connectivity index (χ1v) is 13.6. The standard InChI is InChI=1S/C29H40N2O6/c1-5-11-19(4)30(16-6-2)27(34)25-29-15-14-22(37-29)23(28(35)36-7-3)24(29)26(33)31(25)21(18-32)17-20-12-9-8-10-13-20/h6,8-10,12-13,19,21-25,32H,2,5,7,11,14-18H2,1,3-4H3/t19?,21-,22-,23+,24+,25-,29+/m1/s1. The molecule has 3 fully saturated rings. The smallest absolute Gasteiger partial charge is 0.312 e. The SMILES string of the molecule is C=CCN(C(=O)[C@H]1N([C@@H](CO)Cc2ccccc2)C(=O)[C@@H]2[C@@H](C(=O)OCC)[C@H]3CC[C@]21O3)C(C)CCC. The van der Waals surface area contributed by atoms with Gasteiger partial charge in [0.25, 0.3) is 0 Å². The molecule has 0 radical (unpaired) electrons. The molecule has 0 saturated carbocycles. The Kier molecular flexibility index (Phi) is 8.39. The van der Waals surface area contributed by atoms with Crippen LogP contribution in [0.4, 0.5) is 0 Å². The van der Waals surface area contributed by atoms with E-state index in [2.05, 4.69) is 13.5 Å². The van der Waals surface area contributed by atoms with Crippen molar-refractivity contribution in [1.82, 2.24) is 9.80 Å². The maximum Gasteiger partial charge on any atom is 0.312 e. The van der Waals surface area contributed by atoms with E-state index < -0.39 is 41.6 Å².